The summed E-state index contributed by atoms with van der Waals surface area (Å²) in [6.45, 7) is 2.80. The highest BCUT2D eigenvalue weighted by atomic mass is 16.5. The third-order valence-corrected chi connectivity index (χ3v) is 4.00. The first kappa shape index (κ1) is 13.1. The van der Waals surface area contributed by atoms with Crippen LogP contribution in [0.1, 0.15) is 18.4 Å². The van der Waals surface area contributed by atoms with Gasteiger partial charge in [-0.15, -0.1) is 0 Å². The van der Waals surface area contributed by atoms with Gasteiger partial charge in [0.15, 0.2) is 0 Å². The molecule has 0 atom stereocenters. The first-order valence-electron chi connectivity index (χ1n) is 7.05. The first-order chi connectivity index (χ1) is 9.71. The average Bonchev–Trinajstić information content (AvgIpc) is 3.27. The van der Waals surface area contributed by atoms with Crippen LogP contribution in [0.15, 0.2) is 42.7 Å². The molecule has 2 aromatic rings. The Morgan fingerprint density at radius 2 is 1.90 bits per heavy atom. The fourth-order valence-corrected chi connectivity index (χ4v) is 2.24. The Kier molecular flexibility index (Phi) is 3.45. The second-order valence-corrected chi connectivity index (χ2v) is 5.59. The van der Waals surface area contributed by atoms with E-state index in [1.165, 1.54) is 24.0 Å². The van der Waals surface area contributed by atoms with E-state index >= 15 is 0 Å². The zero-order valence-electron chi connectivity index (χ0n) is 12.0. The molecule has 1 aromatic carbocycles. The van der Waals surface area contributed by atoms with Crippen molar-refractivity contribution >= 4 is 0 Å². The van der Waals surface area contributed by atoms with Gasteiger partial charge in [-0.1, -0.05) is 29.8 Å². The number of aromatic nitrogens is 1. The van der Waals surface area contributed by atoms with E-state index in [0.29, 0.717) is 6.61 Å². The van der Waals surface area contributed by atoms with Crippen molar-refractivity contribution in [2.24, 2.45) is 0 Å². The van der Waals surface area contributed by atoms with E-state index in [0.717, 1.165) is 11.3 Å². The van der Waals surface area contributed by atoms with Crippen LogP contribution in [0.2, 0.25) is 0 Å². The lowest BCUT2D eigenvalue weighted by molar-refractivity contribution is 0.259. The molecule has 1 aliphatic rings. The second kappa shape index (κ2) is 5.25. The summed E-state index contributed by atoms with van der Waals surface area (Å²) in [7, 11) is 2.00. The summed E-state index contributed by atoms with van der Waals surface area (Å²) in [5.74, 6) is 0.838. The molecule has 0 spiro atoms. The Bertz CT molecular complexity index is 588. The molecule has 104 valence electrons. The third kappa shape index (κ3) is 2.83. The third-order valence-electron chi connectivity index (χ3n) is 4.00. The number of aryl methyl sites for hydroxylation is 1. The van der Waals surface area contributed by atoms with E-state index in [4.69, 9.17) is 4.74 Å². The predicted molar refractivity (Wildman–Crippen MR) is 80.9 cm³/mol. The molecule has 20 heavy (non-hydrogen) atoms. The molecule has 0 amide bonds. The van der Waals surface area contributed by atoms with Gasteiger partial charge in [-0.3, -0.25) is 4.98 Å². The van der Waals surface area contributed by atoms with Crippen molar-refractivity contribution in [2.45, 2.75) is 25.3 Å². The zero-order chi connectivity index (χ0) is 14.0. The molecule has 0 aliphatic heterocycles. The molecule has 1 fully saturated rings. The zero-order valence-corrected chi connectivity index (χ0v) is 12.0. The van der Waals surface area contributed by atoms with Gasteiger partial charge in [0, 0.05) is 11.8 Å². The summed E-state index contributed by atoms with van der Waals surface area (Å²) in [6.07, 6.45) is 6.04. The lowest BCUT2D eigenvalue weighted by atomic mass is 10.1. The Hall–Kier alpha value is -1.87. The average molecular weight is 268 g/mol. The Labute approximate surface area is 120 Å². The van der Waals surface area contributed by atoms with E-state index in [2.05, 4.69) is 47.6 Å². The van der Waals surface area contributed by atoms with Crippen LogP contribution in [0, 0.1) is 6.92 Å². The van der Waals surface area contributed by atoms with Crippen molar-refractivity contribution in [3.05, 3.63) is 48.3 Å². The highest BCUT2D eigenvalue weighted by molar-refractivity contribution is 5.64. The summed E-state index contributed by atoms with van der Waals surface area (Å²) in [5.41, 5.74) is 3.72. The van der Waals surface area contributed by atoms with Gasteiger partial charge in [0.1, 0.15) is 12.4 Å². The van der Waals surface area contributed by atoms with Gasteiger partial charge in [-0.05, 0) is 38.4 Å². The number of likely N-dealkylation sites (N-methyl/N-ethyl adjacent to an activating group) is 1. The Balaban J connectivity index is 1.74. The van der Waals surface area contributed by atoms with Crippen LogP contribution < -0.4 is 10.1 Å². The van der Waals surface area contributed by atoms with Gasteiger partial charge >= 0.3 is 0 Å². The summed E-state index contributed by atoms with van der Waals surface area (Å²) >= 11 is 0. The summed E-state index contributed by atoms with van der Waals surface area (Å²) in [5, 5.41) is 3.33. The number of rotatable bonds is 5. The summed E-state index contributed by atoms with van der Waals surface area (Å²) in [6, 6.07) is 10.5. The largest absolute Gasteiger partial charge is 0.490 e. The number of nitrogens with one attached hydrogen (secondary N) is 1. The van der Waals surface area contributed by atoms with Gasteiger partial charge in [0.25, 0.3) is 0 Å². The van der Waals surface area contributed by atoms with E-state index < -0.39 is 0 Å². The maximum Gasteiger partial charge on any atom is 0.138 e. The molecule has 0 saturated heterocycles. The van der Waals surface area contributed by atoms with Gasteiger partial charge in [0.05, 0.1) is 11.7 Å². The van der Waals surface area contributed by atoms with Gasteiger partial charge < -0.3 is 10.1 Å². The van der Waals surface area contributed by atoms with Crippen LogP contribution in [0.3, 0.4) is 0 Å². The van der Waals surface area contributed by atoms with Crippen LogP contribution >= 0.6 is 0 Å². The predicted octanol–water partition coefficient (Wildman–Crippen LogP) is 3.19. The maximum atomic E-state index is 5.89. The molecular formula is C17H20N2O. The second-order valence-electron chi connectivity index (χ2n) is 5.59. The van der Waals surface area contributed by atoms with Gasteiger partial charge in [0.2, 0.25) is 0 Å². The smallest absolute Gasteiger partial charge is 0.138 e. The van der Waals surface area contributed by atoms with Crippen LogP contribution in [0.25, 0.3) is 11.1 Å². The fraction of sp³-hybridized carbons (Fsp3) is 0.353. The number of hydrogen-bond acceptors (Lipinski definition) is 3. The van der Waals surface area contributed by atoms with Crippen molar-refractivity contribution in [1.29, 1.82) is 0 Å². The fourth-order valence-electron chi connectivity index (χ4n) is 2.24. The maximum absolute atomic E-state index is 5.89. The molecule has 3 rings (SSSR count). The highest BCUT2D eigenvalue weighted by Crippen LogP contribution is 2.35. The molecule has 3 nitrogen and oxygen atoms in total. The first-order valence-corrected chi connectivity index (χ1v) is 7.05. The molecule has 1 aromatic heterocycles. The van der Waals surface area contributed by atoms with Crippen LogP contribution in [0.5, 0.6) is 5.75 Å². The quantitative estimate of drug-likeness (QED) is 0.904. The highest BCUT2D eigenvalue weighted by Gasteiger charge is 2.41. The number of ether oxygens (including phenoxy) is 1. The van der Waals surface area contributed by atoms with Crippen molar-refractivity contribution in [3.63, 3.8) is 0 Å². The molecule has 1 heterocycles. The van der Waals surface area contributed by atoms with Crippen molar-refractivity contribution in [3.8, 4) is 16.9 Å². The van der Waals surface area contributed by atoms with Gasteiger partial charge in [-0.2, -0.15) is 0 Å². The molecule has 0 unspecified atom stereocenters. The molecule has 0 bridgehead atoms. The number of pyridine rings is 1. The van der Waals surface area contributed by atoms with E-state index in [1.807, 2.05) is 13.2 Å². The van der Waals surface area contributed by atoms with Crippen molar-refractivity contribution < 1.29 is 4.74 Å². The van der Waals surface area contributed by atoms with Gasteiger partial charge in [-0.25, -0.2) is 0 Å². The number of nitrogens with zero attached hydrogens (tertiary/aromatic N) is 1. The molecule has 3 heteroatoms. The minimum atomic E-state index is 0.194. The van der Waals surface area contributed by atoms with Crippen LogP contribution in [-0.2, 0) is 0 Å². The standard InChI is InChI=1S/C17H20N2O/c1-13-3-5-14(6-4-13)15-9-16(11-19-10-15)20-12-17(18-2)7-8-17/h3-6,9-11,18H,7-8,12H2,1-2H3. The number of hydrogen-bond donors (Lipinski definition) is 1. The lowest BCUT2D eigenvalue weighted by Crippen LogP contribution is -2.33. The van der Waals surface area contributed by atoms with E-state index in [1.54, 1.807) is 6.20 Å². The van der Waals surface area contributed by atoms with Crippen molar-refractivity contribution in [1.82, 2.24) is 10.3 Å². The molecule has 1 saturated carbocycles. The summed E-state index contributed by atoms with van der Waals surface area (Å²) in [4.78, 5) is 4.28. The molecule has 1 aliphatic carbocycles. The van der Waals surface area contributed by atoms with Crippen molar-refractivity contribution in [2.75, 3.05) is 13.7 Å². The van der Waals surface area contributed by atoms with Crippen LogP contribution in [0.4, 0.5) is 0 Å². The lowest BCUT2D eigenvalue weighted by Gasteiger charge is -2.15. The SMILES string of the molecule is CNC1(COc2cncc(-c3ccc(C)cc3)c2)CC1. The molecular weight excluding hydrogens is 248 g/mol. The minimum Gasteiger partial charge on any atom is -0.490 e. The molecule has 0 radical (unpaired) electrons. The Morgan fingerprint density at radius 1 is 1.15 bits per heavy atom. The number of benzene rings is 1. The normalized spacial score (nSPS) is 15.9. The topological polar surface area (TPSA) is 34.1 Å². The Morgan fingerprint density at radius 3 is 2.55 bits per heavy atom. The van der Waals surface area contributed by atoms with Crippen LogP contribution in [-0.4, -0.2) is 24.2 Å². The summed E-state index contributed by atoms with van der Waals surface area (Å²) < 4.78 is 5.89. The van der Waals surface area contributed by atoms with E-state index in [9.17, 15) is 0 Å². The molecule has 1 N–H and O–H groups in total. The van der Waals surface area contributed by atoms with E-state index in [-0.39, 0.29) is 5.54 Å². The minimum absolute atomic E-state index is 0.194. The monoisotopic (exact) mass is 268 g/mol.